The molecule has 0 spiro atoms. The minimum Gasteiger partial charge on any atom is -0.444 e. The van der Waals surface area contributed by atoms with Crippen LogP contribution in [-0.4, -0.2) is 78.5 Å². The maximum absolute atomic E-state index is 12.8. The second kappa shape index (κ2) is 6.36. The SMILES string of the molecule is C[C@@]12O[C@@]1(C)[C@H]1[C@H]3O[C@H]3[C@@H]2N(C(=O)OCC(Cl)(Cl)Cl)N1C(=O)OCC(Cl)(Cl)Cl. The normalized spacial score (nSPS) is 40.6. The average molecular weight is 519 g/mol. The van der Waals surface area contributed by atoms with E-state index in [9.17, 15) is 9.59 Å². The Labute approximate surface area is 190 Å². The Morgan fingerprint density at radius 3 is 1.54 bits per heavy atom. The average Bonchev–Trinajstić information content (AvgIpc) is 3.42. The monoisotopic (exact) mass is 516 g/mol. The Morgan fingerprint density at radius 2 is 1.21 bits per heavy atom. The Bertz CT molecular complexity index is 672. The predicted molar refractivity (Wildman–Crippen MR) is 101 cm³/mol. The number of fused-ring (bicyclic) bond motifs is 1. The summed E-state index contributed by atoms with van der Waals surface area (Å²) >= 11 is 33.9. The maximum atomic E-state index is 12.8. The molecule has 0 aromatic heterocycles. The van der Waals surface area contributed by atoms with Gasteiger partial charge in [0.05, 0.1) is 0 Å². The molecule has 8 nitrogen and oxygen atoms in total. The summed E-state index contributed by atoms with van der Waals surface area (Å²) in [6.07, 6.45) is -2.47. The molecule has 5 fully saturated rings. The lowest BCUT2D eigenvalue weighted by Gasteiger charge is -2.51. The number of halogens is 6. The summed E-state index contributed by atoms with van der Waals surface area (Å²) in [5.41, 5.74) is -1.47. The third-order valence-electron chi connectivity index (χ3n) is 5.53. The van der Waals surface area contributed by atoms with Gasteiger partial charge in [-0.2, -0.15) is 0 Å². The van der Waals surface area contributed by atoms with Crippen molar-refractivity contribution in [2.75, 3.05) is 13.2 Å². The van der Waals surface area contributed by atoms with E-state index < -0.39 is 56.3 Å². The van der Waals surface area contributed by atoms with Gasteiger partial charge < -0.3 is 18.9 Å². The van der Waals surface area contributed by atoms with E-state index in [1.807, 2.05) is 13.8 Å². The van der Waals surface area contributed by atoms with Crippen LogP contribution in [0.5, 0.6) is 0 Å². The summed E-state index contributed by atoms with van der Waals surface area (Å²) in [5, 5.41) is 2.18. The molecule has 0 radical (unpaired) electrons. The molecular formula is C14H14Cl6N2O6. The summed E-state index contributed by atoms with van der Waals surface area (Å²) in [6.45, 7) is 2.62. The highest BCUT2D eigenvalue weighted by molar-refractivity contribution is 6.68. The van der Waals surface area contributed by atoms with E-state index in [1.165, 1.54) is 0 Å². The van der Waals surface area contributed by atoms with Crippen molar-refractivity contribution < 1.29 is 28.5 Å². The summed E-state index contributed by atoms with van der Waals surface area (Å²) in [5.74, 6) is 0. The zero-order valence-electron chi connectivity index (χ0n) is 14.3. The molecule has 0 aromatic carbocycles. The van der Waals surface area contributed by atoms with Crippen LogP contribution in [0, 0.1) is 0 Å². The van der Waals surface area contributed by atoms with E-state index in [1.54, 1.807) is 0 Å². The van der Waals surface area contributed by atoms with Gasteiger partial charge in [-0.15, -0.1) is 0 Å². The zero-order chi connectivity index (χ0) is 20.9. The van der Waals surface area contributed by atoms with Crippen LogP contribution in [0.15, 0.2) is 0 Å². The molecule has 1 aliphatic carbocycles. The van der Waals surface area contributed by atoms with Crippen molar-refractivity contribution in [3.05, 3.63) is 0 Å². The second-order valence-corrected chi connectivity index (χ2v) is 12.3. The third kappa shape index (κ3) is 3.28. The summed E-state index contributed by atoms with van der Waals surface area (Å²) in [6, 6.07) is -1.29. The molecule has 0 unspecified atom stereocenters. The fourth-order valence-corrected chi connectivity index (χ4v) is 4.56. The molecule has 28 heavy (non-hydrogen) atoms. The summed E-state index contributed by atoms with van der Waals surface area (Å²) < 4.78 is 18.2. The van der Waals surface area contributed by atoms with E-state index >= 15 is 0 Å². The molecule has 14 heteroatoms. The van der Waals surface area contributed by atoms with Gasteiger partial charge in [0.1, 0.15) is 48.7 Å². The van der Waals surface area contributed by atoms with Crippen molar-refractivity contribution in [3.63, 3.8) is 0 Å². The number of hydrazine groups is 1. The quantitative estimate of drug-likeness (QED) is 0.410. The Kier molecular flexibility index (Phi) is 4.87. The highest BCUT2D eigenvalue weighted by Gasteiger charge is 2.89. The van der Waals surface area contributed by atoms with Crippen LogP contribution in [0.1, 0.15) is 13.8 Å². The lowest BCUT2D eigenvalue weighted by atomic mass is 9.72. The highest BCUT2D eigenvalue weighted by Crippen LogP contribution is 2.68. The Balaban J connectivity index is 1.62. The lowest BCUT2D eigenvalue weighted by molar-refractivity contribution is -0.119. The number of rotatable bonds is 2. The molecule has 158 valence electrons. The van der Waals surface area contributed by atoms with Crippen molar-refractivity contribution in [3.8, 4) is 0 Å². The number of amides is 2. The molecule has 1 saturated carbocycles. The molecule has 0 aromatic rings. The first-order valence-electron chi connectivity index (χ1n) is 8.11. The first-order valence-corrected chi connectivity index (χ1v) is 10.4. The second-order valence-electron chi connectivity index (χ2n) is 7.30. The van der Waals surface area contributed by atoms with Crippen molar-refractivity contribution in [1.82, 2.24) is 10.0 Å². The smallest absolute Gasteiger partial charge is 0.429 e. The van der Waals surface area contributed by atoms with Gasteiger partial charge in [0, 0.05) is 0 Å². The minimum atomic E-state index is -1.82. The predicted octanol–water partition coefficient (Wildman–Crippen LogP) is 3.60. The van der Waals surface area contributed by atoms with Crippen LogP contribution in [-0.2, 0) is 18.9 Å². The molecule has 6 atom stereocenters. The first kappa shape index (κ1) is 21.4. The molecule has 2 bridgehead atoms. The lowest BCUT2D eigenvalue weighted by Crippen LogP contribution is -2.76. The Hall–Kier alpha value is 0.200. The molecule has 5 rings (SSSR count). The molecule has 5 aliphatic rings. The van der Waals surface area contributed by atoms with E-state index in [0.717, 1.165) is 10.0 Å². The van der Waals surface area contributed by atoms with Crippen LogP contribution < -0.4 is 0 Å². The maximum Gasteiger partial charge on any atom is 0.429 e. The fraction of sp³-hybridized carbons (Fsp3) is 0.857. The molecule has 0 N–H and O–H groups in total. The van der Waals surface area contributed by atoms with Crippen molar-refractivity contribution >= 4 is 81.8 Å². The van der Waals surface area contributed by atoms with Crippen LogP contribution in [0.3, 0.4) is 0 Å². The van der Waals surface area contributed by atoms with E-state index in [0.29, 0.717) is 0 Å². The van der Waals surface area contributed by atoms with Crippen LogP contribution in [0.25, 0.3) is 0 Å². The first-order chi connectivity index (χ1) is 12.7. The third-order valence-corrected chi connectivity index (χ3v) is 6.19. The number of hydrogen-bond donors (Lipinski definition) is 0. The van der Waals surface area contributed by atoms with Crippen molar-refractivity contribution in [2.45, 2.75) is 56.9 Å². The molecule has 4 heterocycles. The number of ether oxygens (including phenoxy) is 4. The highest BCUT2D eigenvalue weighted by atomic mass is 35.6. The summed E-state index contributed by atoms with van der Waals surface area (Å²) in [4.78, 5) is 25.6. The van der Waals surface area contributed by atoms with Crippen molar-refractivity contribution in [2.24, 2.45) is 0 Å². The van der Waals surface area contributed by atoms with Gasteiger partial charge in [0.25, 0.3) is 0 Å². The molecule has 2 amide bonds. The topological polar surface area (TPSA) is 84.1 Å². The van der Waals surface area contributed by atoms with Crippen LogP contribution in [0.4, 0.5) is 9.59 Å². The van der Waals surface area contributed by atoms with E-state index in [2.05, 4.69) is 0 Å². The van der Waals surface area contributed by atoms with Gasteiger partial charge in [0.2, 0.25) is 7.59 Å². The number of carbonyl (C=O) groups is 2. The number of carbonyl (C=O) groups excluding carboxylic acids is 2. The number of hydrogen-bond acceptors (Lipinski definition) is 6. The number of alkyl halides is 6. The molecule has 4 saturated heterocycles. The fourth-order valence-electron chi connectivity index (χ4n) is 4.23. The van der Waals surface area contributed by atoms with Gasteiger partial charge in [0.15, 0.2) is 0 Å². The summed E-state index contributed by atoms with van der Waals surface area (Å²) in [7, 11) is 0. The number of epoxide rings is 2. The number of nitrogens with zero attached hydrogens (tertiary/aromatic N) is 2. The minimum absolute atomic E-state index is 0.317. The molecule has 4 aliphatic heterocycles. The zero-order valence-corrected chi connectivity index (χ0v) is 18.9. The van der Waals surface area contributed by atoms with E-state index in [-0.39, 0.29) is 12.2 Å². The van der Waals surface area contributed by atoms with Crippen LogP contribution >= 0.6 is 69.6 Å². The largest absolute Gasteiger partial charge is 0.444 e. The van der Waals surface area contributed by atoms with Crippen molar-refractivity contribution in [1.29, 1.82) is 0 Å². The van der Waals surface area contributed by atoms with Gasteiger partial charge in [-0.1, -0.05) is 69.6 Å². The van der Waals surface area contributed by atoms with Gasteiger partial charge in [-0.25, -0.2) is 19.6 Å². The van der Waals surface area contributed by atoms with Gasteiger partial charge in [-0.05, 0) is 13.8 Å². The van der Waals surface area contributed by atoms with Gasteiger partial charge in [-0.3, -0.25) is 0 Å². The van der Waals surface area contributed by atoms with Gasteiger partial charge >= 0.3 is 12.2 Å². The van der Waals surface area contributed by atoms with Crippen LogP contribution in [0.2, 0.25) is 0 Å². The molecular weight excluding hydrogens is 505 g/mol. The Morgan fingerprint density at radius 1 is 0.857 bits per heavy atom. The van der Waals surface area contributed by atoms with E-state index in [4.69, 9.17) is 88.6 Å². The standard InChI is InChI=1S/C14H14Cl6N2O6/c1-11-7-5-6(27-5)8(12(11,2)28-11)22(10(24)26-4-14(18,19)20)21(7)9(23)25-3-13(15,16)17/h5-8H,3-4H2,1-2H3/t5-,6+,7+,8-,11-,12-/m0/s1.